The monoisotopic (exact) mass is 338 g/mol. The lowest BCUT2D eigenvalue weighted by molar-refractivity contribution is -0.133. The Balaban J connectivity index is 1.99. The van der Waals surface area contributed by atoms with E-state index >= 15 is 0 Å². The third-order valence-electron chi connectivity index (χ3n) is 4.09. The van der Waals surface area contributed by atoms with E-state index in [2.05, 4.69) is 4.74 Å². The van der Waals surface area contributed by atoms with Crippen LogP contribution in [0, 0.1) is 5.92 Å². The largest absolute Gasteiger partial charge is 0.435 e. The van der Waals surface area contributed by atoms with Crippen LogP contribution in [0.15, 0.2) is 30.3 Å². The zero-order valence-electron chi connectivity index (χ0n) is 13.3. The number of nitrogens with two attached hydrogens (primary N) is 1. The Hall–Kier alpha value is -2.44. The van der Waals surface area contributed by atoms with Crippen LogP contribution in [0.4, 0.5) is 8.78 Å². The Kier molecular flexibility index (Phi) is 5.89. The Morgan fingerprint density at radius 1 is 1.29 bits per heavy atom. The zero-order valence-corrected chi connectivity index (χ0v) is 13.3. The molecular formula is C17H20F2N2O3. The molecule has 0 aromatic heterocycles. The maximum absolute atomic E-state index is 12.3. The minimum atomic E-state index is -2.87. The van der Waals surface area contributed by atoms with Crippen LogP contribution in [0.25, 0.3) is 6.08 Å². The van der Waals surface area contributed by atoms with Crippen LogP contribution in [0.3, 0.4) is 0 Å². The van der Waals surface area contributed by atoms with E-state index in [9.17, 15) is 18.4 Å². The summed E-state index contributed by atoms with van der Waals surface area (Å²) in [6.45, 7) is -0.618. The number of rotatable bonds is 5. The lowest BCUT2D eigenvalue weighted by Crippen LogP contribution is -2.48. The van der Waals surface area contributed by atoms with Crippen LogP contribution in [0.2, 0.25) is 0 Å². The van der Waals surface area contributed by atoms with Gasteiger partial charge in [-0.2, -0.15) is 8.78 Å². The molecule has 1 heterocycles. The molecule has 0 aliphatic carbocycles. The van der Waals surface area contributed by atoms with E-state index < -0.39 is 12.5 Å². The van der Waals surface area contributed by atoms with Gasteiger partial charge in [0.15, 0.2) is 0 Å². The van der Waals surface area contributed by atoms with Gasteiger partial charge in [-0.15, -0.1) is 0 Å². The van der Waals surface area contributed by atoms with Gasteiger partial charge in [0.25, 0.3) is 0 Å². The highest BCUT2D eigenvalue weighted by atomic mass is 19.3. The van der Waals surface area contributed by atoms with Crippen LogP contribution >= 0.6 is 0 Å². The van der Waals surface area contributed by atoms with Crippen LogP contribution in [0.5, 0.6) is 5.75 Å². The van der Waals surface area contributed by atoms with Crippen LogP contribution < -0.4 is 10.5 Å². The van der Waals surface area contributed by atoms with Crippen LogP contribution in [0.1, 0.15) is 25.3 Å². The number of hydrogen-bond donors (Lipinski definition) is 1. The molecule has 2 rings (SSSR count). The summed E-state index contributed by atoms with van der Waals surface area (Å²) in [5, 5.41) is 0. The lowest BCUT2D eigenvalue weighted by atomic mass is 9.93. The number of halogens is 2. The fourth-order valence-corrected chi connectivity index (χ4v) is 2.67. The summed E-state index contributed by atoms with van der Waals surface area (Å²) < 4.78 is 28.4. The number of ether oxygens (including phenoxy) is 1. The number of carbonyl (C=O) groups excluding carboxylic acids is 2. The highest BCUT2D eigenvalue weighted by Crippen LogP contribution is 2.22. The molecule has 2 amide bonds. The van der Waals surface area contributed by atoms with Gasteiger partial charge in [0.2, 0.25) is 11.8 Å². The van der Waals surface area contributed by atoms with Gasteiger partial charge in [0.1, 0.15) is 5.75 Å². The predicted molar refractivity (Wildman–Crippen MR) is 85.2 cm³/mol. The Morgan fingerprint density at radius 2 is 1.96 bits per heavy atom. The first-order chi connectivity index (χ1) is 11.4. The molecule has 1 aliphatic rings. The lowest BCUT2D eigenvalue weighted by Gasteiger charge is -2.36. The van der Waals surface area contributed by atoms with E-state index in [1.807, 2.05) is 6.92 Å². The maximum atomic E-state index is 12.3. The molecule has 1 fully saturated rings. The van der Waals surface area contributed by atoms with Gasteiger partial charge in [-0.1, -0.05) is 12.1 Å². The molecular weight excluding hydrogens is 318 g/mol. The quantitative estimate of drug-likeness (QED) is 0.838. The molecule has 1 saturated heterocycles. The normalized spacial score (nSPS) is 21.2. The zero-order chi connectivity index (χ0) is 17.7. The summed E-state index contributed by atoms with van der Waals surface area (Å²) in [5.74, 6) is -0.855. The number of alkyl halides is 2. The number of benzene rings is 1. The van der Waals surface area contributed by atoms with Crippen molar-refractivity contribution in [2.75, 3.05) is 6.54 Å². The summed E-state index contributed by atoms with van der Waals surface area (Å²) in [6, 6.07) is 6.01. The first-order valence-electron chi connectivity index (χ1n) is 7.69. The van der Waals surface area contributed by atoms with Gasteiger partial charge in [0, 0.05) is 18.7 Å². The van der Waals surface area contributed by atoms with Gasteiger partial charge in [0.05, 0.1) is 5.92 Å². The van der Waals surface area contributed by atoms with Crippen LogP contribution in [-0.4, -0.2) is 35.9 Å². The van der Waals surface area contributed by atoms with E-state index in [1.54, 1.807) is 23.1 Å². The van der Waals surface area contributed by atoms with E-state index in [-0.39, 0.29) is 23.6 Å². The van der Waals surface area contributed by atoms with E-state index in [1.165, 1.54) is 18.2 Å². The van der Waals surface area contributed by atoms with Crippen molar-refractivity contribution < 1.29 is 23.1 Å². The third kappa shape index (κ3) is 4.78. The summed E-state index contributed by atoms with van der Waals surface area (Å²) in [5.41, 5.74) is 6.01. The molecule has 130 valence electrons. The smallest absolute Gasteiger partial charge is 0.387 e. The Labute approximate surface area is 139 Å². The van der Waals surface area contributed by atoms with Gasteiger partial charge in [-0.3, -0.25) is 9.59 Å². The van der Waals surface area contributed by atoms with Crippen molar-refractivity contribution in [2.45, 2.75) is 32.4 Å². The molecule has 0 radical (unpaired) electrons. The minimum absolute atomic E-state index is 0.0413. The standard InChI is InChI=1S/C17H20F2N2O3/c1-11-2-6-13(16(20)23)10-21(11)15(22)9-5-12-3-7-14(8-4-12)24-17(18)19/h3-5,7-9,11,13,17H,2,6,10H2,1H3,(H2,20,23)/b9-5+. The number of likely N-dealkylation sites (tertiary alicyclic amines) is 1. The van der Waals surface area contributed by atoms with Crippen molar-refractivity contribution in [2.24, 2.45) is 11.7 Å². The highest BCUT2D eigenvalue weighted by Gasteiger charge is 2.30. The van der Waals surface area contributed by atoms with Crippen molar-refractivity contribution in [1.29, 1.82) is 0 Å². The molecule has 1 aromatic rings. The Bertz CT molecular complexity index is 617. The van der Waals surface area contributed by atoms with Gasteiger partial charge < -0.3 is 15.4 Å². The highest BCUT2D eigenvalue weighted by molar-refractivity contribution is 5.92. The summed E-state index contributed by atoms with van der Waals surface area (Å²) in [4.78, 5) is 25.3. The molecule has 0 spiro atoms. The number of primary amides is 1. The molecule has 0 saturated carbocycles. The van der Waals surface area contributed by atoms with Crippen molar-refractivity contribution in [3.8, 4) is 5.75 Å². The summed E-state index contributed by atoms with van der Waals surface area (Å²) in [6.07, 6.45) is 4.42. The van der Waals surface area contributed by atoms with E-state index in [0.717, 1.165) is 6.42 Å². The van der Waals surface area contributed by atoms with Crippen molar-refractivity contribution >= 4 is 17.9 Å². The number of piperidine rings is 1. The topological polar surface area (TPSA) is 72.6 Å². The maximum Gasteiger partial charge on any atom is 0.387 e. The fourth-order valence-electron chi connectivity index (χ4n) is 2.67. The average Bonchev–Trinajstić information content (AvgIpc) is 2.53. The molecule has 7 heteroatoms. The van der Waals surface area contributed by atoms with Crippen LogP contribution in [-0.2, 0) is 9.59 Å². The summed E-state index contributed by atoms with van der Waals surface area (Å²) in [7, 11) is 0. The minimum Gasteiger partial charge on any atom is -0.435 e. The van der Waals surface area contributed by atoms with Crippen molar-refractivity contribution in [3.63, 3.8) is 0 Å². The summed E-state index contributed by atoms with van der Waals surface area (Å²) >= 11 is 0. The van der Waals surface area contributed by atoms with E-state index in [4.69, 9.17) is 5.73 Å². The SMILES string of the molecule is CC1CCC(C(N)=O)CN1C(=O)/C=C/c1ccc(OC(F)F)cc1. The molecule has 1 aromatic carbocycles. The molecule has 5 nitrogen and oxygen atoms in total. The average molecular weight is 338 g/mol. The number of carbonyl (C=O) groups is 2. The third-order valence-corrected chi connectivity index (χ3v) is 4.09. The van der Waals surface area contributed by atoms with Crippen molar-refractivity contribution in [1.82, 2.24) is 4.90 Å². The second-order valence-electron chi connectivity index (χ2n) is 5.80. The van der Waals surface area contributed by atoms with E-state index in [0.29, 0.717) is 18.5 Å². The fraction of sp³-hybridized carbons (Fsp3) is 0.412. The molecule has 24 heavy (non-hydrogen) atoms. The molecule has 2 atom stereocenters. The molecule has 0 bridgehead atoms. The van der Waals surface area contributed by atoms with Gasteiger partial charge in [-0.25, -0.2) is 0 Å². The van der Waals surface area contributed by atoms with Crippen molar-refractivity contribution in [3.05, 3.63) is 35.9 Å². The molecule has 2 N–H and O–H groups in total. The van der Waals surface area contributed by atoms with Gasteiger partial charge in [-0.05, 0) is 43.5 Å². The molecule has 2 unspecified atom stereocenters. The first-order valence-corrected chi connectivity index (χ1v) is 7.69. The second-order valence-corrected chi connectivity index (χ2v) is 5.80. The first kappa shape index (κ1) is 17.9. The molecule has 1 aliphatic heterocycles. The number of hydrogen-bond acceptors (Lipinski definition) is 3. The Morgan fingerprint density at radius 3 is 2.54 bits per heavy atom. The second kappa shape index (κ2) is 7.90. The number of amides is 2. The van der Waals surface area contributed by atoms with Gasteiger partial charge >= 0.3 is 6.61 Å². The predicted octanol–water partition coefficient (Wildman–Crippen LogP) is 2.41. The number of nitrogens with zero attached hydrogens (tertiary/aromatic N) is 1.